The molecule has 2 aliphatic rings. The summed E-state index contributed by atoms with van der Waals surface area (Å²) in [6.07, 6.45) is 4.70. The molecule has 1 aromatic rings. The zero-order chi connectivity index (χ0) is 18.8. The Morgan fingerprint density at radius 3 is 2.81 bits per heavy atom. The third-order valence-electron chi connectivity index (χ3n) is 5.87. The number of hydrogen-bond acceptors (Lipinski definition) is 4. The van der Waals surface area contributed by atoms with E-state index in [2.05, 4.69) is 41.9 Å². The Hall–Kier alpha value is -1.40. The predicted octanol–water partition coefficient (Wildman–Crippen LogP) is 2.29. The molecular formula is C20H34N4O2. The summed E-state index contributed by atoms with van der Waals surface area (Å²) in [5, 5.41) is 16.8. The first-order chi connectivity index (χ1) is 12.3. The summed E-state index contributed by atoms with van der Waals surface area (Å²) in [6.45, 7) is 11.3. The van der Waals surface area contributed by atoms with E-state index in [0.29, 0.717) is 19.4 Å². The van der Waals surface area contributed by atoms with Gasteiger partial charge in [0.25, 0.3) is 0 Å². The summed E-state index contributed by atoms with van der Waals surface area (Å²) >= 11 is 0. The molecule has 0 radical (unpaired) electrons. The van der Waals surface area contributed by atoms with Crippen LogP contribution in [0.2, 0.25) is 0 Å². The molecule has 0 aliphatic carbocycles. The highest BCUT2D eigenvalue weighted by Gasteiger charge is 2.41. The number of amides is 1. The van der Waals surface area contributed by atoms with Crippen LogP contribution in [-0.2, 0) is 16.8 Å². The third kappa shape index (κ3) is 4.46. The highest BCUT2D eigenvalue weighted by Crippen LogP contribution is 2.39. The van der Waals surface area contributed by atoms with Crippen LogP contribution in [0.1, 0.15) is 64.3 Å². The van der Waals surface area contributed by atoms with Crippen LogP contribution in [0, 0.1) is 5.41 Å². The average molecular weight is 363 g/mol. The molecule has 6 heteroatoms. The lowest BCUT2D eigenvalue weighted by atomic mass is 9.73. The minimum Gasteiger partial charge on any atom is -0.396 e. The monoisotopic (exact) mass is 362 g/mol. The molecule has 2 aliphatic heterocycles. The van der Waals surface area contributed by atoms with Crippen molar-refractivity contribution in [3.8, 4) is 0 Å². The highest BCUT2D eigenvalue weighted by molar-refractivity contribution is 5.77. The van der Waals surface area contributed by atoms with E-state index >= 15 is 0 Å². The van der Waals surface area contributed by atoms with Crippen molar-refractivity contribution in [3.63, 3.8) is 0 Å². The van der Waals surface area contributed by atoms with Gasteiger partial charge in [0.2, 0.25) is 5.91 Å². The first-order valence-electron chi connectivity index (χ1n) is 9.97. The summed E-state index contributed by atoms with van der Waals surface area (Å²) in [6, 6.07) is 2.19. The van der Waals surface area contributed by atoms with Gasteiger partial charge in [-0.3, -0.25) is 14.8 Å². The maximum Gasteiger partial charge on any atom is 0.222 e. The molecule has 26 heavy (non-hydrogen) atoms. The van der Waals surface area contributed by atoms with Gasteiger partial charge in [-0.1, -0.05) is 20.8 Å². The van der Waals surface area contributed by atoms with Crippen molar-refractivity contribution in [3.05, 3.63) is 17.5 Å². The minimum absolute atomic E-state index is 0.0643. The van der Waals surface area contributed by atoms with Gasteiger partial charge in [-0.2, -0.15) is 5.10 Å². The van der Waals surface area contributed by atoms with E-state index in [1.54, 1.807) is 0 Å². The first kappa shape index (κ1) is 19.4. The number of aliphatic hydroxyl groups excluding tert-OH is 1. The molecule has 2 fully saturated rings. The molecule has 2 N–H and O–H groups in total. The van der Waals surface area contributed by atoms with Crippen molar-refractivity contribution >= 4 is 5.91 Å². The second kappa shape index (κ2) is 7.69. The summed E-state index contributed by atoms with van der Waals surface area (Å²) < 4.78 is 0. The van der Waals surface area contributed by atoms with Crippen LogP contribution >= 0.6 is 0 Å². The standard InChI is InChI=1S/C20H34N4O2/c1-19(2,3)17-12-16(21-22-17)13-23-9-4-7-20(14-23)8-6-18(26)24(15-20)10-5-11-25/h12,25H,4-11,13-15H2,1-3H3,(H,21,22). The fourth-order valence-corrected chi connectivity index (χ4v) is 4.41. The molecule has 3 heterocycles. The van der Waals surface area contributed by atoms with Crippen molar-refractivity contribution in [1.82, 2.24) is 20.0 Å². The number of piperidine rings is 2. The van der Waals surface area contributed by atoms with Crippen LogP contribution in [0.15, 0.2) is 6.07 Å². The van der Waals surface area contributed by atoms with E-state index < -0.39 is 0 Å². The number of aromatic nitrogens is 2. The average Bonchev–Trinajstić information content (AvgIpc) is 3.05. The van der Waals surface area contributed by atoms with E-state index in [1.165, 1.54) is 18.5 Å². The first-order valence-corrected chi connectivity index (χ1v) is 9.97. The van der Waals surface area contributed by atoms with Gasteiger partial charge >= 0.3 is 0 Å². The lowest BCUT2D eigenvalue weighted by Gasteiger charge is -2.48. The molecule has 2 saturated heterocycles. The van der Waals surface area contributed by atoms with Gasteiger partial charge in [-0.25, -0.2) is 0 Å². The van der Waals surface area contributed by atoms with Crippen molar-refractivity contribution in [2.24, 2.45) is 5.41 Å². The number of carbonyl (C=O) groups excluding carboxylic acids is 1. The van der Waals surface area contributed by atoms with E-state index in [4.69, 9.17) is 5.11 Å². The van der Waals surface area contributed by atoms with Gasteiger partial charge in [0.1, 0.15) is 0 Å². The Bertz CT molecular complexity index is 622. The zero-order valence-electron chi connectivity index (χ0n) is 16.6. The molecule has 0 aromatic carbocycles. The van der Waals surface area contributed by atoms with Gasteiger partial charge < -0.3 is 10.0 Å². The zero-order valence-corrected chi connectivity index (χ0v) is 16.6. The Morgan fingerprint density at radius 1 is 1.31 bits per heavy atom. The summed E-state index contributed by atoms with van der Waals surface area (Å²) in [5.41, 5.74) is 2.57. The van der Waals surface area contributed by atoms with Gasteiger partial charge in [0.05, 0.1) is 5.69 Å². The highest BCUT2D eigenvalue weighted by atomic mass is 16.3. The summed E-state index contributed by atoms with van der Waals surface area (Å²) in [5.74, 6) is 0.254. The van der Waals surface area contributed by atoms with Crippen molar-refractivity contribution in [2.75, 3.05) is 32.8 Å². The van der Waals surface area contributed by atoms with Crippen LogP contribution in [0.4, 0.5) is 0 Å². The fourth-order valence-electron chi connectivity index (χ4n) is 4.41. The second-order valence-electron chi connectivity index (χ2n) is 9.24. The third-order valence-corrected chi connectivity index (χ3v) is 5.87. The topological polar surface area (TPSA) is 72.5 Å². The Labute approximate surface area is 156 Å². The predicted molar refractivity (Wildman–Crippen MR) is 102 cm³/mol. The van der Waals surface area contributed by atoms with Crippen LogP contribution in [-0.4, -0.2) is 63.8 Å². The number of aromatic amines is 1. The van der Waals surface area contributed by atoms with Gasteiger partial charge in [0, 0.05) is 55.7 Å². The quantitative estimate of drug-likeness (QED) is 0.843. The number of likely N-dealkylation sites (tertiary alicyclic amines) is 2. The normalized spacial score (nSPS) is 25.2. The van der Waals surface area contributed by atoms with Gasteiger partial charge in [0.15, 0.2) is 0 Å². The molecule has 1 aromatic heterocycles. The summed E-state index contributed by atoms with van der Waals surface area (Å²) in [7, 11) is 0. The summed E-state index contributed by atoms with van der Waals surface area (Å²) in [4.78, 5) is 16.7. The smallest absolute Gasteiger partial charge is 0.222 e. The molecule has 3 rings (SSSR count). The fraction of sp³-hybridized carbons (Fsp3) is 0.800. The molecule has 0 bridgehead atoms. The van der Waals surface area contributed by atoms with E-state index in [1.807, 2.05) is 4.90 Å². The van der Waals surface area contributed by atoms with Crippen LogP contribution < -0.4 is 0 Å². The van der Waals surface area contributed by atoms with E-state index in [9.17, 15) is 4.79 Å². The maximum absolute atomic E-state index is 12.2. The number of aliphatic hydroxyl groups is 1. The SMILES string of the molecule is CC(C)(C)c1cc(CN2CCCC3(CCC(=O)N(CCCO)C3)C2)[nH]n1. The van der Waals surface area contributed by atoms with Gasteiger partial charge in [-0.15, -0.1) is 0 Å². The Morgan fingerprint density at radius 2 is 2.12 bits per heavy atom. The number of nitrogens with zero attached hydrogens (tertiary/aromatic N) is 3. The van der Waals surface area contributed by atoms with Crippen LogP contribution in [0.25, 0.3) is 0 Å². The second-order valence-corrected chi connectivity index (χ2v) is 9.24. The van der Waals surface area contributed by atoms with Crippen molar-refractivity contribution in [1.29, 1.82) is 0 Å². The molecular weight excluding hydrogens is 328 g/mol. The lowest BCUT2D eigenvalue weighted by Crippen LogP contribution is -2.54. The largest absolute Gasteiger partial charge is 0.396 e. The minimum atomic E-state index is 0.0643. The molecule has 6 nitrogen and oxygen atoms in total. The number of carbonyl (C=O) groups is 1. The van der Waals surface area contributed by atoms with Crippen molar-refractivity contribution in [2.45, 2.75) is 64.8 Å². The lowest BCUT2D eigenvalue weighted by molar-refractivity contribution is -0.139. The van der Waals surface area contributed by atoms with E-state index in [0.717, 1.165) is 38.3 Å². The number of nitrogens with one attached hydrogen (secondary N) is 1. The van der Waals surface area contributed by atoms with E-state index in [-0.39, 0.29) is 23.3 Å². The molecule has 146 valence electrons. The molecule has 1 atom stereocenters. The Balaban J connectivity index is 1.63. The maximum atomic E-state index is 12.2. The van der Waals surface area contributed by atoms with Crippen LogP contribution in [0.3, 0.4) is 0 Å². The number of H-pyrrole nitrogens is 1. The van der Waals surface area contributed by atoms with Crippen molar-refractivity contribution < 1.29 is 9.90 Å². The molecule has 0 saturated carbocycles. The number of hydrogen-bond donors (Lipinski definition) is 2. The molecule has 1 amide bonds. The van der Waals surface area contributed by atoms with Crippen LogP contribution in [0.5, 0.6) is 0 Å². The van der Waals surface area contributed by atoms with Gasteiger partial charge in [-0.05, 0) is 38.3 Å². The Kier molecular flexibility index (Phi) is 5.72. The molecule has 1 spiro atoms. The number of rotatable bonds is 5. The molecule has 1 unspecified atom stereocenters.